The second-order valence-corrected chi connectivity index (χ2v) is 8.51. The Bertz CT molecular complexity index is 1370. The molecule has 0 radical (unpaired) electrons. The summed E-state index contributed by atoms with van der Waals surface area (Å²) in [6, 6.07) is 17.0. The summed E-state index contributed by atoms with van der Waals surface area (Å²) in [5.74, 6) is -0.289. The molecule has 180 valence electrons. The first-order chi connectivity index (χ1) is 17.0. The van der Waals surface area contributed by atoms with Gasteiger partial charge in [0.2, 0.25) is 11.8 Å². The summed E-state index contributed by atoms with van der Waals surface area (Å²) in [5, 5.41) is 3.33. The van der Waals surface area contributed by atoms with Gasteiger partial charge in [0, 0.05) is 36.6 Å². The molecule has 4 rings (SSSR count). The average molecular weight is 472 g/mol. The van der Waals surface area contributed by atoms with Crippen molar-refractivity contribution in [3.05, 3.63) is 77.5 Å². The number of likely N-dealkylation sites (N-methyl/N-ethyl adjacent to an activating group) is 1. The van der Waals surface area contributed by atoms with E-state index in [0.717, 1.165) is 36.1 Å². The van der Waals surface area contributed by atoms with Gasteiger partial charge in [0.05, 0.1) is 18.3 Å². The predicted octanol–water partition coefficient (Wildman–Crippen LogP) is 4.36. The quantitative estimate of drug-likeness (QED) is 0.354. The van der Waals surface area contributed by atoms with Gasteiger partial charge >= 0.3 is 0 Å². The van der Waals surface area contributed by atoms with Crippen LogP contribution in [0.3, 0.4) is 0 Å². The summed E-state index contributed by atoms with van der Waals surface area (Å²) < 4.78 is 1.89. The number of hydrogen-bond acceptors (Lipinski definition) is 4. The van der Waals surface area contributed by atoms with E-state index < -0.39 is 0 Å². The number of aromatic nitrogens is 3. The minimum Gasteiger partial charge on any atom is -0.336 e. The fraction of sp³-hybridized carbons (Fsp3) is 0.259. The Kier molecular flexibility index (Phi) is 7.40. The third-order valence-electron chi connectivity index (χ3n) is 5.90. The van der Waals surface area contributed by atoms with Crippen LogP contribution in [0.25, 0.3) is 27.8 Å². The maximum Gasteiger partial charge on any atom is 0.260 e. The zero-order valence-corrected chi connectivity index (χ0v) is 20.0. The zero-order chi connectivity index (χ0) is 24.8. The first kappa shape index (κ1) is 23.9. The number of carbonyl (C=O) groups excluding carboxylic acids is 2. The molecule has 35 heavy (non-hydrogen) atoms. The molecule has 0 aliphatic carbocycles. The van der Waals surface area contributed by atoms with Gasteiger partial charge in [-0.2, -0.15) is 0 Å². The van der Waals surface area contributed by atoms with Crippen molar-refractivity contribution in [2.75, 3.05) is 18.9 Å². The van der Waals surface area contributed by atoms with Crippen LogP contribution >= 0.6 is 0 Å². The molecule has 0 aliphatic heterocycles. The molecule has 8 heteroatoms. The SMILES string of the molecule is CCCCCC(=O)N(C)CC(=O)Nc1ccc(-c2cn(-c3ccccc3)c3nc[nH]c(=O)c23)cc1. The molecule has 2 heterocycles. The van der Waals surface area contributed by atoms with E-state index in [1.165, 1.54) is 11.2 Å². The second kappa shape index (κ2) is 10.8. The summed E-state index contributed by atoms with van der Waals surface area (Å²) in [7, 11) is 1.64. The fourth-order valence-electron chi connectivity index (χ4n) is 4.03. The van der Waals surface area contributed by atoms with Crippen molar-refractivity contribution in [1.29, 1.82) is 0 Å². The van der Waals surface area contributed by atoms with Gasteiger partial charge in [-0.15, -0.1) is 0 Å². The number of fused-ring (bicyclic) bond motifs is 1. The number of nitrogens with one attached hydrogen (secondary N) is 2. The predicted molar refractivity (Wildman–Crippen MR) is 138 cm³/mol. The molecule has 0 aliphatic rings. The van der Waals surface area contributed by atoms with Crippen molar-refractivity contribution >= 4 is 28.5 Å². The van der Waals surface area contributed by atoms with Gasteiger partial charge in [-0.05, 0) is 36.2 Å². The van der Waals surface area contributed by atoms with E-state index >= 15 is 0 Å². The average Bonchev–Trinajstić information content (AvgIpc) is 3.26. The molecule has 0 bridgehead atoms. The molecule has 0 fully saturated rings. The highest BCUT2D eigenvalue weighted by atomic mass is 16.2. The van der Waals surface area contributed by atoms with Crippen LogP contribution in [-0.4, -0.2) is 44.8 Å². The number of para-hydroxylation sites is 1. The zero-order valence-electron chi connectivity index (χ0n) is 20.0. The van der Waals surface area contributed by atoms with Gasteiger partial charge in [0.15, 0.2) is 5.65 Å². The van der Waals surface area contributed by atoms with Crippen molar-refractivity contribution in [3.8, 4) is 16.8 Å². The smallest absolute Gasteiger partial charge is 0.260 e. The van der Waals surface area contributed by atoms with Gasteiger partial charge in [-0.1, -0.05) is 50.1 Å². The summed E-state index contributed by atoms with van der Waals surface area (Å²) in [5.41, 5.74) is 3.43. The molecule has 2 amide bonds. The molecule has 2 aromatic heterocycles. The number of unbranched alkanes of at least 4 members (excludes halogenated alkanes) is 2. The lowest BCUT2D eigenvalue weighted by Gasteiger charge is -2.17. The van der Waals surface area contributed by atoms with Gasteiger partial charge < -0.3 is 19.8 Å². The van der Waals surface area contributed by atoms with E-state index in [0.29, 0.717) is 23.1 Å². The molecule has 0 spiro atoms. The van der Waals surface area contributed by atoms with Gasteiger partial charge in [-0.3, -0.25) is 14.4 Å². The molecule has 2 N–H and O–H groups in total. The topological polar surface area (TPSA) is 100 Å². The monoisotopic (exact) mass is 471 g/mol. The summed E-state index contributed by atoms with van der Waals surface area (Å²) in [4.78, 5) is 45.8. The first-order valence-corrected chi connectivity index (χ1v) is 11.8. The lowest BCUT2D eigenvalue weighted by atomic mass is 10.1. The Hall–Kier alpha value is -4.20. The Balaban J connectivity index is 1.51. The molecule has 2 aromatic carbocycles. The lowest BCUT2D eigenvalue weighted by molar-refractivity contribution is -0.133. The summed E-state index contributed by atoms with van der Waals surface area (Å²) in [6.45, 7) is 2.08. The molecule has 4 aromatic rings. The molecule has 0 saturated carbocycles. The first-order valence-electron chi connectivity index (χ1n) is 11.8. The Morgan fingerprint density at radius 1 is 1.06 bits per heavy atom. The minimum absolute atomic E-state index is 0.00167. The van der Waals surface area contributed by atoms with E-state index in [1.54, 1.807) is 19.2 Å². The number of amides is 2. The number of benzene rings is 2. The second-order valence-electron chi connectivity index (χ2n) is 8.51. The van der Waals surface area contributed by atoms with Crippen molar-refractivity contribution in [2.45, 2.75) is 32.6 Å². The van der Waals surface area contributed by atoms with E-state index in [2.05, 4.69) is 22.2 Å². The fourth-order valence-corrected chi connectivity index (χ4v) is 4.03. The van der Waals surface area contributed by atoms with Gasteiger partial charge in [0.25, 0.3) is 5.56 Å². The Morgan fingerprint density at radius 3 is 2.51 bits per heavy atom. The lowest BCUT2D eigenvalue weighted by Crippen LogP contribution is -2.34. The largest absolute Gasteiger partial charge is 0.336 e. The number of H-pyrrole nitrogens is 1. The van der Waals surface area contributed by atoms with E-state index in [1.807, 2.05) is 53.2 Å². The summed E-state index contributed by atoms with van der Waals surface area (Å²) >= 11 is 0. The number of anilines is 1. The number of aromatic amines is 1. The Morgan fingerprint density at radius 2 is 1.80 bits per heavy atom. The molecular formula is C27H29N5O3. The van der Waals surface area contributed by atoms with Crippen LogP contribution in [0, 0.1) is 0 Å². The van der Waals surface area contributed by atoms with Crippen molar-refractivity contribution in [1.82, 2.24) is 19.4 Å². The van der Waals surface area contributed by atoms with E-state index in [4.69, 9.17) is 0 Å². The maximum absolute atomic E-state index is 12.7. The van der Waals surface area contributed by atoms with Crippen molar-refractivity contribution < 1.29 is 9.59 Å². The normalized spacial score (nSPS) is 10.9. The standard InChI is InChI=1S/C27H29N5O3/c1-3-4-6-11-24(34)31(2)17-23(33)30-20-14-12-19(13-15-20)22-16-32(21-9-7-5-8-10-21)26-25(22)27(35)29-18-28-26/h5,7-10,12-16,18H,3-4,6,11,17H2,1-2H3,(H,30,33)(H,28,29,35). The van der Waals surface area contributed by atoms with Crippen LogP contribution in [0.4, 0.5) is 5.69 Å². The number of carbonyl (C=O) groups is 2. The van der Waals surface area contributed by atoms with E-state index in [9.17, 15) is 14.4 Å². The number of rotatable bonds is 9. The van der Waals surface area contributed by atoms with Crippen LogP contribution < -0.4 is 10.9 Å². The third-order valence-corrected chi connectivity index (χ3v) is 5.90. The molecule has 0 atom stereocenters. The maximum atomic E-state index is 12.7. The third kappa shape index (κ3) is 5.48. The minimum atomic E-state index is -0.259. The highest BCUT2D eigenvalue weighted by Gasteiger charge is 2.16. The van der Waals surface area contributed by atoms with Crippen LogP contribution in [0.5, 0.6) is 0 Å². The highest BCUT2D eigenvalue weighted by molar-refractivity contribution is 5.96. The number of hydrogen-bond donors (Lipinski definition) is 2. The van der Waals surface area contributed by atoms with Crippen molar-refractivity contribution in [3.63, 3.8) is 0 Å². The van der Waals surface area contributed by atoms with Crippen LogP contribution in [0.2, 0.25) is 0 Å². The molecule has 0 unspecified atom stereocenters. The number of nitrogens with zero attached hydrogens (tertiary/aromatic N) is 3. The van der Waals surface area contributed by atoms with Crippen LogP contribution in [0.15, 0.2) is 71.9 Å². The summed E-state index contributed by atoms with van der Waals surface area (Å²) in [6.07, 6.45) is 6.64. The molecule has 0 saturated heterocycles. The Labute approximate surface area is 203 Å². The van der Waals surface area contributed by atoms with Crippen LogP contribution in [0.1, 0.15) is 32.6 Å². The highest BCUT2D eigenvalue weighted by Crippen LogP contribution is 2.30. The van der Waals surface area contributed by atoms with Gasteiger partial charge in [0.1, 0.15) is 0 Å². The van der Waals surface area contributed by atoms with Gasteiger partial charge in [-0.25, -0.2) is 4.98 Å². The molecule has 8 nitrogen and oxygen atoms in total. The molecular weight excluding hydrogens is 442 g/mol. The van der Waals surface area contributed by atoms with E-state index in [-0.39, 0.29) is 23.9 Å². The van der Waals surface area contributed by atoms with Crippen molar-refractivity contribution in [2.24, 2.45) is 0 Å². The van der Waals surface area contributed by atoms with Crippen LogP contribution in [-0.2, 0) is 9.59 Å².